The predicted molar refractivity (Wildman–Crippen MR) is 35.3 cm³/mol. The van der Waals surface area contributed by atoms with Crippen molar-refractivity contribution in [2.24, 2.45) is 17.6 Å². The number of carbonyl (C=O) groups is 1. The molecule has 0 saturated heterocycles. The van der Waals surface area contributed by atoms with E-state index < -0.39 is 6.09 Å². The van der Waals surface area contributed by atoms with Gasteiger partial charge in [-0.25, -0.2) is 4.79 Å². The van der Waals surface area contributed by atoms with E-state index in [1.165, 1.54) is 6.42 Å². The lowest BCUT2D eigenvalue weighted by molar-refractivity contribution is 0.103. The summed E-state index contributed by atoms with van der Waals surface area (Å²) < 4.78 is 4.85. The number of hydrogen-bond donors (Lipinski definition) is 1. The minimum atomic E-state index is -0.619. The zero-order valence-electron chi connectivity index (χ0n) is 5.75. The van der Waals surface area contributed by atoms with Crippen molar-refractivity contribution in [3.8, 4) is 0 Å². The van der Waals surface area contributed by atoms with Crippen LogP contribution in [0.2, 0.25) is 0 Å². The first kappa shape index (κ1) is 6.01. The molecule has 2 fully saturated rings. The fourth-order valence-electron chi connectivity index (χ4n) is 1.92. The van der Waals surface area contributed by atoms with Gasteiger partial charge < -0.3 is 10.5 Å². The molecular formula is C7H11NO2. The van der Waals surface area contributed by atoms with E-state index in [0.717, 1.165) is 24.7 Å². The number of fused-ring (bicyclic) bond motifs is 1. The molecule has 2 aliphatic carbocycles. The van der Waals surface area contributed by atoms with E-state index in [-0.39, 0.29) is 6.10 Å². The SMILES string of the molecule is NC(=O)O[C@H]1C[C@@H]2C[C@@H]2C1. The third kappa shape index (κ3) is 0.958. The van der Waals surface area contributed by atoms with Gasteiger partial charge in [0.25, 0.3) is 0 Å². The third-order valence-corrected chi connectivity index (χ3v) is 2.48. The van der Waals surface area contributed by atoms with Crippen LogP contribution in [0.1, 0.15) is 19.3 Å². The summed E-state index contributed by atoms with van der Waals surface area (Å²) in [6.45, 7) is 0. The van der Waals surface area contributed by atoms with E-state index in [0.29, 0.717) is 0 Å². The van der Waals surface area contributed by atoms with Crippen LogP contribution in [-0.2, 0) is 4.74 Å². The molecule has 2 aliphatic rings. The zero-order valence-corrected chi connectivity index (χ0v) is 5.75. The number of carbonyl (C=O) groups excluding carboxylic acids is 1. The molecule has 10 heavy (non-hydrogen) atoms. The number of rotatable bonds is 1. The molecule has 3 atom stereocenters. The molecule has 0 radical (unpaired) electrons. The van der Waals surface area contributed by atoms with Gasteiger partial charge in [0.2, 0.25) is 0 Å². The van der Waals surface area contributed by atoms with Crippen molar-refractivity contribution in [2.75, 3.05) is 0 Å². The molecule has 0 aromatic heterocycles. The van der Waals surface area contributed by atoms with E-state index in [1.807, 2.05) is 0 Å². The molecular weight excluding hydrogens is 130 g/mol. The lowest BCUT2D eigenvalue weighted by Gasteiger charge is -2.09. The van der Waals surface area contributed by atoms with Crippen LogP contribution in [-0.4, -0.2) is 12.2 Å². The second kappa shape index (κ2) is 1.87. The Bertz CT molecular complexity index is 159. The average molecular weight is 141 g/mol. The first-order chi connectivity index (χ1) is 4.75. The van der Waals surface area contributed by atoms with E-state index in [4.69, 9.17) is 10.5 Å². The highest BCUT2D eigenvalue weighted by Crippen LogP contribution is 2.52. The number of ether oxygens (including phenoxy) is 1. The van der Waals surface area contributed by atoms with E-state index >= 15 is 0 Å². The lowest BCUT2D eigenvalue weighted by Crippen LogP contribution is -2.21. The van der Waals surface area contributed by atoms with Crippen molar-refractivity contribution in [1.29, 1.82) is 0 Å². The second-order valence-electron chi connectivity index (χ2n) is 3.29. The van der Waals surface area contributed by atoms with Crippen LogP contribution in [0.4, 0.5) is 4.79 Å². The molecule has 0 aromatic carbocycles. The van der Waals surface area contributed by atoms with E-state index in [9.17, 15) is 4.79 Å². The highest BCUT2D eigenvalue weighted by Gasteiger charge is 2.47. The first-order valence-corrected chi connectivity index (χ1v) is 3.72. The van der Waals surface area contributed by atoms with Gasteiger partial charge in [0.05, 0.1) is 0 Å². The van der Waals surface area contributed by atoms with Gasteiger partial charge in [-0.2, -0.15) is 0 Å². The van der Waals surface area contributed by atoms with Crippen molar-refractivity contribution < 1.29 is 9.53 Å². The third-order valence-electron chi connectivity index (χ3n) is 2.48. The van der Waals surface area contributed by atoms with Crippen molar-refractivity contribution in [2.45, 2.75) is 25.4 Å². The summed E-state index contributed by atoms with van der Waals surface area (Å²) in [7, 11) is 0. The molecule has 0 spiro atoms. The van der Waals surface area contributed by atoms with Crippen LogP contribution >= 0.6 is 0 Å². The Labute approximate surface area is 59.5 Å². The van der Waals surface area contributed by atoms with Crippen molar-refractivity contribution in [1.82, 2.24) is 0 Å². The van der Waals surface area contributed by atoms with E-state index in [1.54, 1.807) is 0 Å². The maximum atomic E-state index is 10.3. The monoisotopic (exact) mass is 141 g/mol. The van der Waals surface area contributed by atoms with Crippen molar-refractivity contribution in [3.05, 3.63) is 0 Å². The van der Waals surface area contributed by atoms with Gasteiger partial charge in [0.1, 0.15) is 6.10 Å². The zero-order chi connectivity index (χ0) is 7.14. The summed E-state index contributed by atoms with van der Waals surface area (Å²) in [6, 6.07) is 0. The summed E-state index contributed by atoms with van der Waals surface area (Å²) >= 11 is 0. The minimum absolute atomic E-state index is 0.140. The fourth-order valence-corrected chi connectivity index (χ4v) is 1.92. The average Bonchev–Trinajstić information content (AvgIpc) is 2.39. The smallest absolute Gasteiger partial charge is 0.404 e. The molecule has 0 heterocycles. The molecule has 0 aliphatic heterocycles. The Morgan fingerprint density at radius 1 is 1.30 bits per heavy atom. The Kier molecular flexibility index (Phi) is 1.13. The molecule has 0 unspecified atom stereocenters. The number of primary amides is 1. The van der Waals surface area contributed by atoms with Gasteiger partial charge in [0.15, 0.2) is 0 Å². The van der Waals surface area contributed by atoms with Crippen LogP contribution < -0.4 is 5.73 Å². The minimum Gasteiger partial charge on any atom is -0.446 e. The Morgan fingerprint density at radius 2 is 1.90 bits per heavy atom. The fraction of sp³-hybridized carbons (Fsp3) is 0.857. The maximum Gasteiger partial charge on any atom is 0.404 e. The molecule has 2 saturated carbocycles. The molecule has 3 heteroatoms. The van der Waals surface area contributed by atoms with Crippen LogP contribution in [0.3, 0.4) is 0 Å². The normalized spacial score (nSPS) is 42.6. The molecule has 56 valence electrons. The maximum absolute atomic E-state index is 10.3. The topological polar surface area (TPSA) is 52.3 Å². The quantitative estimate of drug-likeness (QED) is 0.589. The van der Waals surface area contributed by atoms with E-state index in [2.05, 4.69) is 0 Å². The van der Waals surface area contributed by atoms with Crippen LogP contribution in [0, 0.1) is 11.8 Å². The van der Waals surface area contributed by atoms with Gasteiger partial charge in [-0.15, -0.1) is 0 Å². The van der Waals surface area contributed by atoms with Crippen LogP contribution in [0.25, 0.3) is 0 Å². The van der Waals surface area contributed by atoms with Crippen molar-refractivity contribution in [3.63, 3.8) is 0 Å². The molecule has 0 aromatic rings. The van der Waals surface area contributed by atoms with Gasteiger partial charge in [-0.3, -0.25) is 0 Å². The van der Waals surface area contributed by atoms with Gasteiger partial charge in [-0.05, 0) is 31.1 Å². The first-order valence-electron chi connectivity index (χ1n) is 3.72. The number of nitrogens with two attached hydrogens (primary N) is 1. The summed E-state index contributed by atoms with van der Waals surface area (Å²) in [5.41, 5.74) is 4.87. The number of amides is 1. The Hall–Kier alpha value is -0.730. The summed E-state index contributed by atoms with van der Waals surface area (Å²) in [4.78, 5) is 10.3. The highest BCUT2D eigenvalue weighted by molar-refractivity contribution is 5.64. The highest BCUT2D eigenvalue weighted by atomic mass is 16.6. The summed E-state index contributed by atoms with van der Waals surface area (Å²) in [5, 5.41) is 0. The molecule has 2 N–H and O–H groups in total. The molecule has 2 rings (SSSR count). The second-order valence-corrected chi connectivity index (χ2v) is 3.29. The number of hydrogen-bond acceptors (Lipinski definition) is 2. The molecule has 3 nitrogen and oxygen atoms in total. The van der Waals surface area contributed by atoms with Gasteiger partial charge in [0, 0.05) is 0 Å². The lowest BCUT2D eigenvalue weighted by atomic mass is 10.2. The Balaban J connectivity index is 1.80. The van der Waals surface area contributed by atoms with Gasteiger partial charge in [-0.1, -0.05) is 0 Å². The Morgan fingerprint density at radius 3 is 2.40 bits per heavy atom. The van der Waals surface area contributed by atoms with Gasteiger partial charge >= 0.3 is 6.09 Å². The van der Waals surface area contributed by atoms with Crippen LogP contribution in [0.5, 0.6) is 0 Å². The van der Waals surface area contributed by atoms with Crippen LogP contribution in [0.15, 0.2) is 0 Å². The molecule has 1 amide bonds. The summed E-state index contributed by atoms with van der Waals surface area (Å²) in [6.07, 6.45) is 2.97. The standard InChI is InChI=1S/C7H11NO2/c8-7(9)10-6-2-4-1-5(4)3-6/h4-6H,1-3H2,(H2,8,9)/t4-,5+,6-. The summed E-state index contributed by atoms with van der Waals surface area (Å²) in [5.74, 6) is 1.70. The molecule has 0 bridgehead atoms. The predicted octanol–water partition coefficient (Wildman–Crippen LogP) is 0.880. The van der Waals surface area contributed by atoms with Crippen molar-refractivity contribution >= 4 is 6.09 Å². The largest absolute Gasteiger partial charge is 0.446 e.